The number of aromatic nitrogens is 2. The number of carbonyl (C=O) groups is 1. The van der Waals surface area contributed by atoms with Gasteiger partial charge in [0.1, 0.15) is 9.88 Å². The Balaban J connectivity index is 2.23. The van der Waals surface area contributed by atoms with Gasteiger partial charge in [-0.05, 0) is 19.1 Å². The van der Waals surface area contributed by atoms with E-state index in [9.17, 15) is 4.79 Å². The number of pyridine rings is 1. The van der Waals surface area contributed by atoms with Crippen LogP contribution in [0.4, 0.5) is 0 Å². The van der Waals surface area contributed by atoms with E-state index in [2.05, 4.69) is 9.97 Å². The summed E-state index contributed by atoms with van der Waals surface area (Å²) in [6.45, 7) is 2.15. The average molecular weight is 234 g/mol. The van der Waals surface area contributed by atoms with E-state index in [0.717, 1.165) is 10.6 Å². The van der Waals surface area contributed by atoms with Crippen molar-refractivity contribution in [1.29, 1.82) is 0 Å². The minimum Gasteiger partial charge on any atom is -0.462 e. The summed E-state index contributed by atoms with van der Waals surface area (Å²) >= 11 is 1.31. The molecule has 2 rings (SSSR count). The van der Waals surface area contributed by atoms with Crippen LogP contribution in [0.1, 0.15) is 16.6 Å². The Kier molecular flexibility index (Phi) is 3.26. The van der Waals surface area contributed by atoms with Gasteiger partial charge in [-0.25, -0.2) is 9.78 Å². The number of hydrogen-bond acceptors (Lipinski definition) is 5. The standard InChI is InChI=1S/C11H10N2O2S/c1-2-15-11(14)9-7-13-10(16-9)8-4-3-5-12-6-8/h3-7H,2H2,1H3. The fourth-order valence-electron chi connectivity index (χ4n) is 1.19. The van der Waals surface area contributed by atoms with Crippen LogP contribution in [0.15, 0.2) is 30.7 Å². The van der Waals surface area contributed by atoms with Crippen molar-refractivity contribution in [2.75, 3.05) is 6.61 Å². The van der Waals surface area contributed by atoms with Gasteiger partial charge in [0.2, 0.25) is 0 Å². The highest BCUT2D eigenvalue weighted by atomic mass is 32.1. The van der Waals surface area contributed by atoms with Crippen LogP contribution < -0.4 is 0 Å². The Hall–Kier alpha value is -1.75. The minimum atomic E-state index is -0.324. The van der Waals surface area contributed by atoms with Crippen molar-refractivity contribution in [3.8, 4) is 10.6 Å². The summed E-state index contributed by atoms with van der Waals surface area (Å²) in [4.78, 5) is 20.1. The van der Waals surface area contributed by atoms with Crippen LogP contribution >= 0.6 is 11.3 Å². The summed E-state index contributed by atoms with van der Waals surface area (Å²) in [6.07, 6.45) is 4.95. The van der Waals surface area contributed by atoms with Crippen molar-refractivity contribution in [2.45, 2.75) is 6.92 Å². The van der Waals surface area contributed by atoms with E-state index in [0.29, 0.717) is 11.5 Å². The van der Waals surface area contributed by atoms with E-state index in [1.54, 1.807) is 19.3 Å². The van der Waals surface area contributed by atoms with Gasteiger partial charge in [0.25, 0.3) is 0 Å². The Bertz CT molecular complexity index is 482. The molecule has 0 aliphatic heterocycles. The zero-order valence-corrected chi connectivity index (χ0v) is 9.53. The SMILES string of the molecule is CCOC(=O)c1cnc(-c2cccnc2)s1. The molecule has 0 bridgehead atoms. The maximum absolute atomic E-state index is 11.4. The lowest BCUT2D eigenvalue weighted by Gasteiger charge is -1.96. The third kappa shape index (κ3) is 2.25. The second-order valence-electron chi connectivity index (χ2n) is 2.99. The topological polar surface area (TPSA) is 52.1 Å². The molecular weight excluding hydrogens is 224 g/mol. The van der Waals surface area contributed by atoms with Crippen LogP contribution in [0.5, 0.6) is 0 Å². The van der Waals surface area contributed by atoms with Gasteiger partial charge in [-0.3, -0.25) is 4.98 Å². The lowest BCUT2D eigenvalue weighted by atomic mass is 10.3. The molecule has 0 saturated carbocycles. The van der Waals surface area contributed by atoms with Crippen molar-refractivity contribution < 1.29 is 9.53 Å². The van der Waals surface area contributed by atoms with Gasteiger partial charge in [0.15, 0.2) is 0 Å². The summed E-state index contributed by atoms with van der Waals surface area (Å²) in [5, 5.41) is 0.774. The van der Waals surface area contributed by atoms with Crippen LogP contribution in [0.3, 0.4) is 0 Å². The number of nitrogens with zero attached hydrogens (tertiary/aromatic N) is 2. The summed E-state index contributed by atoms with van der Waals surface area (Å²) in [5.41, 5.74) is 0.906. The molecule has 0 aromatic carbocycles. The molecule has 5 heteroatoms. The molecule has 16 heavy (non-hydrogen) atoms. The first-order chi connectivity index (χ1) is 7.81. The van der Waals surface area contributed by atoms with Gasteiger partial charge in [-0.1, -0.05) is 0 Å². The zero-order chi connectivity index (χ0) is 11.4. The molecule has 82 valence electrons. The molecule has 0 spiro atoms. The molecule has 2 aromatic rings. The number of esters is 1. The first-order valence-electron chi connectivity index (χ1n) is 4.84. The van der Waals surface area contributed by atoms with E-state index >= 15 is 0 Å². The normalized spacial score (nSPS) is 10.1. The Labute approximate surface area is 96.9 Å². The molecule has 0 N–H and O–H groups in total. The number of carbonyl (C=O) groups excluding carboxylic acids is 1. The molecule has 4 nitrogen and oxygen atoms in total. The van der Waals surface area contributed by atoms with E-state index in [1.807, 2.05) is 12.1 Å². The first kappa shape index (κ1) is 10.8. The van der Waals surface area contributed by atoms with Gasteiger partial charge >= 0.3 is 5.97 Å². The fourth-order valence-corrected chi connectivity index (χ4v) is 1.99. The Morgan fingerprint density at radius 2 is 2.38 bits per heavy atom. The van der Waals surface area contributed by atoms with E-state index < -0.39 is 0 Å². The quantitative estimate of drug-likeness (QED) is 0.765. The van der Waals surface area contributed by atoms with Gasteiger partial charge in [-0.15, -0.1) is 11.3 Å². The van der Waals surface area contributed by atoms with E-state index in [-0.39, 0.29) is 5.97 Å². The van der Waals surface area contributed by atoms with Crippen LogP contribution in [0.2, 0.25) is 0 Å². The monoisotopic (exact) mass is 234 g/mol. The lowest BCUT2D eigenvalue weighted by molar-refractivity contribution is 0.0532. The maximum atomic E-state index is 11.4. The molecule has 0 unspecified atom stereocenters. The highest BCUT2D eigenvalue weighted by Gasteiger charge is 2.12. The second kappa shape index (κ2) is 4.85. The van der Waals surface area contributed by atoms with E-state index in [4.69, 9.17) is 4.74 Å². The molecular formula is C11H10N2O2S. The van der Waals surface area contributed by atoms with E-state index in [1.165, 1.54) is 17.5 Å². The predicted octanol–water partition coefficient (Wildman–Crippen LogP) is 2.38. The fraction of sp³-hybridized carbons (Fsp3) is 0.182. The predicted molar refractivity (Wildman–Crippen MR) is 61.3 cm³/mol. The summed E-state index contributed by atoms with van der Waals surface area (Å²) in [7, 11) is 0. The number of rotatable bonds is 3. The van der Waals surface area contributed by atoms with Gasteiger partial charge in [0.05, 0.1) is 12.8 Å². The highest BCUT2D eigenvalue weighted by molar-refractivity contribution is 7.16. The third-order valence-corrected chi connectivity index (χ3v) is 2.92. The molecule has 0 fully saturated rings. The second-order valence-corrected chi connectivity index (χ2v) is 4.02. The Morgan fingerprint density at radius 3 is 3.06 bits per heavy atom. The zero-order valence-electron chi connectivity index (χ0n) is 8.71. The van der Waals surface area contributed by atoms with Crippen LogP contribution in [0, 0.1) is 0 Å². The molecule has 0 radical (unpaired) electrons. The summed E-state index contributed by atoms with van der Waals surface area (Å²) < 4.78 is 4.89. The van der Waals surface area contributed by atoms with Crippen molar-refractivity contribution in [2.24, 2.45) is 0 Å². The third-order valence-electron chi connectivity index (χ3n) is 1.89. The van der Waals surface area contributed by atoms with Gasteiger partial charge in [0, 0.05) is 18.0 Å². The highest BCUT2D eigenvalue weighted by Crippen LogP contribution is 2.24. The average Bonchev–Trinajstić information content (AvgIpc) is 2.80. The van der Waals surface area contributed by atoms with Crippen molar-refractivity contribution in [3.05, 3.63) is 35.6 Å². The van der Waals surface area contributed by atoms with Crippen molar-refractivity contribution in [3.63, 3.8) is 0 Å². The molecule has 0 saturated heterocycles. The first-order valence-corrected chi connectivity index (χ1v) is 5.66. The molecule has 0 aliphatic carbocycles. The van der Waals surface area contributed by atoms with Crippen LogP contribution in [-0.2, 0) is 4.74 Å². The molecule has 0 atom stereocenters. The summed E-state index contributed by atoms with van der Waals surface area (Å²) in [5.74, 6) is -0.324. The molecule has 2 heterocycles. The van der Waals surface area contributed by atoms with Gasteiger partial charge < -0.3 is 4.74 Å². The lowest BCUT2D eigenvalue weighted by Crippen LogP contribution is -2.01. The molecule has 0 amide bonds. The van der Waals surface area contributed by atoms with Crippen LogP contribution in [0.25, 0.3) is 10.6 Å². The Morgan fingerprint density at radius 1 is 1.50 bits per heavy atom. The number of thiazole rings is 1. The summed E-state index contributed by atoms with van der Waals surface area (Å²) in [6, 6.07) is 3.74. The number of ether oxygens (including phenoxy) is 1. The smallest absolute Gasteiger partial charge is 0.349 e. The maximum Gasteiger partial charge on any atom is 0.349 e. The van der Waals surface area contributed by atoms with Crippen LogP contribution in [-0.4, -0.2) is 22.5 Å². The van der Waals surface area contributed by atoms with Crippen molar-refractivity contribution in [1.82, 2.24) is 9.97 Å². The largest absolute Gasteiger partial charge is 0.462 e. The van der Waals surface area contributed by atoms with Gasteiger partial charge in [-0.2, -0.15) is 0 Å². The van der Waals surface area contributed by atoms with Crippen molar-refractivity contribution >= 4 is 17.3 Å². The number of hydrogen-bond donors (Lipinski definition) is 0. The molecule has 0 aliphatic rings. The minimum absolute atomic E-state index is 0.324. The molecule has 2 aromatic heterocycles.